The summed E-state index contributed by atoms with van der Waals surface area (Å²) in [5.74, 6) is -0.590. The maximum atomic E-state index is 13.6. The number of amides is 1. The van der Waals surface area contributed by atoms with Crippen LogP contribution in [-0.4, -0.2) is 36.9 Å². The Kier molecular flexibility index (Phi) is 7.38. The molecule has 1 saturated heterocycles. The van der Waals surface area contributed by atoms with Gasteiger partial charge in [0.1, 0.15) is 5.69 Å². The zero-order chi connectivity index (χ0) is 25.9. The van der Waals surface area contributed by atoms with Gasteiger partial charge in [0.25, 0.3) is 0 Å². The molecule has 186 valence electrons. The highest BCUT2D eigenvalue weighted by Crippen LogP contribution is 2.30. The average Bonchev–Trinajstić information content (AvgIpc) is 3.26. The van der Waals surface area contributed by atoms with Crippen LogP contribution in [0.5, 0.6) is 0 Å². The lowest BCUT2D eigenvalue weighted by Gasteiger charge is -2.31. The zero-order valence-electron chi connectivity index (χ0n) is 20.5. The van der Waals surface area contributed by atoms with Gasteiger partial charge in [0, 0.05) is 18.8 Å². The van der Waals surface area contributed by atoms with Gasteiger partial charge in [-0.15, -0.1) is 0 Å². The third-order valence-corrected chi connectivity index (χ3v) is 8.34. The predicted molar refractivity (Wildman–Crippen MR) is 137 cm³/mol. The number of hydrogen-bond donors (Lipinski definition) is 1. The molecule has 0 aliphatic carbocycles. The summed E-state index contributed by atoms with van der Waals surface area (Å²) in [5, 5.41) is 15.7. The van der Waals surface area contributed by atoms with Crippen LogP contribution in [0.15, 0.2) is 51.9 Å². The van der Waals surface area contributed by atoms with Gasteiger partial charge >= 0.3 is 0 Å². The van der Waals surface area contributed by atoms with Gasteiger partial charge in [-0.3, -0.25) is 4.79 Å². The molecule has 0 saturated carbocycles. The molecule has 1 aliphatic rings. The quantitative estimate of drug-likeness (QED) is 0.521. The van der Waals surface area contributed by atoms with Crippen LogP contribution in [0.3, 0.4) is 0 Å². The zero-order valence-corrected chi connectivity index (χ0v) is 21.3. The number of nitrogens with zero attached hydrogens (tertiary/aromatic N) is 3. The minimum atomic E-state index is -3.94. The molecule has 1 aliphatic heterocycles. The minimum absolute atomic E-state index is 0.0252. The number of sulfonamides is 1. The predicted octanol–water partition coefficient (Wildman–Crippen LogP) is 4.68. The van der Waals surface area contributed by atoms with Crippen LogP contribution in [0.4, 0.5) is 5.69 Å². The highest BCUT2D eigenvalue weighted by atomic mass is 32.2. The second kappa shape index (κ2) is 10.5. The Morgan fingerprint density at radius 3 is 2.64 bits per heavy atom. The highest BCUT2D eigenvalue weighted by molar-refractivity contribution is 7.89. The summed E-state index contributed by atoms with van der Waals surface area (Å²) < 4.78 is 34.0. The molecular weight excluding hydrogens is 476 g/mol. The van der Waals surface area contributed by atoms with Crippen LogP contribution >= 0.6 is 0 Å². The van der Waals surface area contributed by atoms with Crippen molar-refractivity contribution in [1.29, 1.82) is 5.26 Å². The molecule has 4 rings (SSSR count). The molecule has 2 aromatic carbocycles. The SMILES string of the molecule is Cc1ccc(C)c(/C=C/c2onc(C)c2S(=O)(=O)N2CCC[C@@H](C(=O)Nc3ccc(C#N)cc3)C2)c1. The molecule has 1 atom stereocenters. The van der Waals surface area contributed by atoms with Crippen LogP contribution < -0.4 is 5.32 Å². The van der Waals surface area contributed by atoms with E-state index in [2.05, 4.69) is 10.5 Å². The molecule has 1 N–H and O–H groups in total. The van der Waals surface area contributed by atoms with Crippen molar-refractivity contribution >= 4 is 33.8 Å². The van der Waals surface area contributed by atoms with Gasteiger partial charge in [-0.1, -0.05) is 35.0 Å². The van der Waals surface area contributed by atoms with E-state index < -0.39 is 15.9 Å². The van der Waals surface area contributed by atoms with Crippen LogP contribution in [0, 0.1) is 38.0 Å². The third-order valence-electron chi connectivity index (χ3n) is 6.32. The number of aryl methyl sites for hydroxylation is 3. The molecule has 1 fully saturated rings. The lowest BCUT2D eigenvalue weighted by Crippen LogP contribution is -2.43. The number of anilines is 1. The van der Waals surface area contributed by atoms with E-state index in [1.54, 1.807) is 37.3 Å². The molecular formula is C27H28N4O4S. The maximum Gasteiger partial charge on any atom is 0.248 e. The first-order chi connectivity index (χ1) is 17.2. The topological polar surface area (TPSA) is 116 Å². The Morgan fingerprint density at radius 2 is 1.92 bits per heavy atom. The van der Waals surface area contributed by atoms with Crippen LogP contribution in [0.1, 0.15) is 46.5 Å². The van der Waals surface area contributed by atoms with Gasteiger partial charge in [-0.05, 0) is 75.1 Å². The van der Waals surface area contributed by atoms with Crippen LogP contribution in [-0.2, 0) is 14.8 Å². The normalized spacial score (nSPS) is 16.7. The van der Waals surface area contributed by atoms with E-state index in [1.807, 2.05) is 44.2 Å². The van der Waals surface area contributed by atoms with Gasteiger partial charge in [-0.25, -0.2) is 8.42 Å². The number of nitrogens with one attached hydrogen (secondary N) is 1. The standard InChI is InChI=1S/C27H28N4O4S/c1-18-6-7-19(2)22(15-18)10-13-25-26(20(3)30-35-25)36(33,34)31-14-4-5-23(17-31)27(32)29-24-11-8-21(16-28)9-12-24/h6-13,15,23H,4-5,14,17H2,1-3H3,(H,29,32)/b13-10+/t23-/m1/s1. The Balaban J connectivity index is 1.53. The number of aromatic nitrogens is 1. The van der Waals surface area contributed by atoms with E-state index in [-0.39, 0.29) is 28.8 Å². The monoisotopic (exact) mass is 504 g/mol. The van der Waals surface area contributed by atoms with Crippen molar-refractivity contribution in [1.82, 2.24) is 9.46 Å². The Hall–Kier alpha value is -3.74. The molecule has 0 bridgehead atoms. The second-order valence-electron chi connectivity index (χ2n) is 9.04. The molecule has 0 radical (unpaired) electrons. The number of nitriles is 1. The van der Waals surface area contributed by atoms with E-state index in [0.717, 1.165) is 16.7 Å². The van der Waals surface area contributed by atoms with Crippen molar-refractivity contribution in [2.75, 3.05) is 18.4 Å². The number of benzene rings is 2. The summed E-state index contributed by atoms with van der Waals surface area (Å²) in [7, 11) is -3.94. The molecule has 1 aromatic heterocycles. The van der Waals surface area contributed by atoms with Gasteiger partial charge in [0.2, 0.25) is 15.9 Å². The first kappa shape index (κ1) is 25.4. The Bertz CT molecular complexity index is 1450. The average molecular weight is 505 g/mol. The fraction of sp³-hybridized carbons (Fsp3) is 0.296. The molecule has 0 spiro atoms. The number of hydrogen-bond acceptors (Lipinski definition) is 6. The third kappa shape index (κ3) is 5.40. The van der Waals surface area contributed by atoms with Crippen molar-refractivity contribution in [2.24, 2.45) is 5.92 Å². The number of carbonyl (C=O) groups is 1. The molecule has 1 amide bonds. The van der Waals surface area contributed by atoms with Gasteiger partial charge in [-0.2, -0.15) is 9.57 Å². The smallest absolute Gasteiger partial charge is 0.248 e. The molecule has 0 unspecified atom stereocenters. The second-order valence-corrected chi connectivity index (χ2v) is 10.9. The van der Waals surface area contributed by atoms with Crippen molar-refractivity contribution < 1.29 is 17.7 Å². The lowest BCUT2D eigenvalue weighted by atomic mass is 9.98. The van der Waals surface area contributed by atoms with Crippen molar-refractivity contribution in [2.45, 2.75) is 38.5 Å². The van der Waals surface area contributed by atoms with E-state index >= 15 is 0 Å². The highest BCUT2D eigenvalue weighted by Gasteiger charge is 2.37. The number of rotatable bonds is 6. The Morgan fingerprint density at radius 1 is 1.17 bits per heavy atom. The molecule has 8 nitrogen and oxygen atoms in total. The van der Waals surface area contributed by atoms with Gasteiger partial charge < -0.3 is 9.84 Å². The van der Waals surface area contributed by atoms with Crippen molar-refractivity contribution in [3.63, 3.8) is 0 Å². The largest absolute Gasteiger partial charge is 0.355 e. The fourth-order valence-electron chi connectivity index (χ4n) is 4.28. The lowest BCUT2D eigenvalue weighted by molar-refractivity contribution is -0.120. The van der Waals surface area contributed by atoms with Gasteiger partial charge in [0.15, 0.2) is 10.7 Å². The first-order valence-corrected chi connectivity index (χ1v) is 13.2. The van der Waals surface area contributed by atoms with E-state index in [0.29, 0.717) is 30.6 Å². The fourth-order valence-corrected chi connectivity index (χ4v) is 6.05. The van der Waals surface area contributed by atoms with E-state index in [9.17, 15) is 13.2 Å². The Labute approximate surface area is 211 Å². The first-order valence-electron chi connectivity index (χ1n) is 11.7. The summed E-state index contributed by atoms with van der Waals surface area (Å²) in [6.07, 6.45) is 4.60. The van der Waals surface area contributed by atoms with Gasteiger partial charge in [0.05, 0.1) is 17.6 Å². The maximum absolute atomic E-state index is 13.6. The number of carbonyl (C=O) groups excluding carboxylic acids is 1. The van der Waals surface area contributed by atoms with E-state index in [1.165, 1.54) is 4.31 Å². The minimum Gasteiger partial charge on any atom is -0.355 e. The van der Waals surface area contributed by atoms with Crippen LogP contribution in [0.25, 0.3) is 12.2 Å². The van der Waals surface area contributed by atoms with Crippen LogP contribution in [0.2, 0.25) is 0 Å². The van der Waals surface area contributed by atoms with Crippen molar-refractivity contribution in [3.05, 3.63) is 76.2 Å². The molecule has 2 heterocycles. The summed E-state index contributed by atoms with van der Waals surface area (Å²) in [6.45, 7) is 5.96. The summed E-state index contributed by atoms with van der Waals surface area (Å²) >= 11 is 0. The summed E-state index contributed by atoms with van der Waals surface area (Å²) in [4.78, 5) is 12.9. The molecule has 3 aromatic rings. The van der Waals surface area contributed by atoms with E-state index in [4.69, 9.17) is 9.78 Å². The molecule has 36 heavy (non-hydrogen) atoms. The number of piperidine rings is 1. The molecule has 9 heteroatoms. The summed E-state index contributed by atoms with van der Waals surface area (Å²) in [6, 6.07) is 14.6. The summed E-state index contributed by atoms with van der Waals surface area (Å²) in [5.41, 5.74) is 4.46. The van der Waals surface area contributed by atoms with Crippen molar-refractivity contribution in [3.8, 4) is 6.07 Å².